The van der Waals surface area contributed by atoms with Crippen LogP contribution in [0.3, 0.4) is 0 Å². The Morgan fingerprint density at radius 3 is 1.05 bits per heavy atom. The van der Waals surface area contributed by atoms with Gasteiger partial charge in [0.2, 0.25) is 0 Å². The molecule has 0 aliphatic heterocycles. The topological polar surface area (TPSA) is 234 Å². The van der Waals surface area contributed by atoms with Gasteiger partial charge in [0, 0.05) is 11.5 Å². The largest absolute Gasteiger partial charge is 0.756 e. The molecule has 0 aromatic heterocycles. The average molecular weight is 729 g/mol. The summed E-state index contributed by atoms with van der Waals surface area (Å²) >= 11 is 0. The van der Waals surface area contributed by atoms with Crippen molar-refractivity contribution >= 4 is 52.9 Å². The lowest BCUT2D eigenvalue weighted by molar-refractivity contribution is -0.250. The van der Waals surface area contributed by atoms with Crippen LogP contribution in [0.5, 0.6) is 0 Å². The highest BCUT2D eigenvalue weighted by Crippen LogP contribution is 2.44. The van der Waals surface area contributed by atoms with Gasteiger partial charge in [-0.25, -0.2) is 0 Å². The third-order valence-electron chi connectivity index (χ3n) is 4.25. The first kappa shape index (κ1) is 45.3. The van der Waals surface area contributed by atoms with E-state index >= 15 is 0 Å². The van der Waals surface area contributed by atoms with Crippen LogP contribution in [-0.4, -0.2) is 51.5 Å². The quantitative estimate of drug-likeness (QED) is 0.0467. The van der Waals surface area contributed by atoms with Crippen molar-refractivity contribution in [3.63, 3.8) is 0 Å². The van der Waals surface area contributed by atoms with E-state index in [0.717, 1.165) is 0 Å². The van der Waals surface area contributed by atoms with Gasteiger partial charge in [-0.2, -0.15) is 0 Å². The van der Waals surface area contributed by atoms with Crippen molar-refractivity contribution in [3.8, 4) is 0 Å². The summed E-state index contributed by atoms with van der Waals surface area (Å²) in [5.41, 5.74) is 0. The summed E-state index contributed by atoms with van der Waals surface area (Å²) in [5, 5.41) is 0. The van der Waals surface area contributed by atoms with Crippen molar-refractivity contribution in [2.24, 2.45) is 0 Å². The van der Waals surface area contributed by atoms with Crippen LogP contribution in [0.25, 0.3) is 0 Å². The summed E-state index contributed by atoms with van der Waals surface area (Å²) in [6.07, 6.45) is 11.2. The second-order valence-electron chi connectivity index (χ2n) is 7.81. The SMILES string of the molecule is CCCCCCSSCCCCCC.CCOP(=O)([O-])OCOP(=O)([O-])OCCOP(=O)([O-])OCOP(=O)([O-])OCC. The van der Waals surface area contributed by atoms with E-state index in [-0.39, 0.29) is 13.2 Å². The number of phosphoric acid groups is 4. The monoisotopic (exact) mass is 728 g/mol. The molecule has 0 spiro atoms. The number of hydrogen-bond acceptors (Lipinski definition) is 18. The van der Waals surface area contributed by atoms with Crippen molar-refractivity contribution in [1.29, 1.82) is 0 Å². The molecule has 0 saturated heterocycles. The van der Waals surface area contributed by atoms with Crippen molar-refractivity contribution in [3.05, 3.63) is 0 Å². The van der Waals surface area contributed by atoms with Crippen molar-refractivity contribution in [1.82, 2.24) is 0 Å². The maximum atomic E-state index is 11.3. The van der Waals surface area contributed by atoms with E-state index in [0.29, 0.717) is 0 Å². The van der Waals surface area contributed by atoms with Crippen LogP contribution >= 0.6 is 52.9 Å². The van der Waals surface area contributed by atoms with Gasteiger partial charge in [-0.15, -0.1) is 0 Å². The Morgan fingerprint density at radius 1 is 0.452 bits per heavy atom. The molecule has 0 aliphatic rings. The lowest BCUT2D eigenvalue weighted by Crippen LogP contribution is -2.17. The minimum Gasteiger partial charge on any atom is -0.756 e. The molecule has 4 unspecified atom stereocenters. The Hall–Kier alpha value is 1.14. The zero-order valence-electron chi connectivity index (χ0n) is 24.5. The van der Waals surface area contributed by atoms with E-state index in [4.69, 9.17) is 0 Å². The van der Waals surface area contributed by atoms with Crippen molar-refractivity contribution < 1.29 is 74.0 Å². The molecule has 0 radical (unpaired) electrons. The smallest absolute Gasteiger partial charge is 0.270 e. The second-order valence-corrected chi connectivity index (χ2v) is 16.2. The Kier molecular flexibility index (Phi) is 29.4. The zero-order valence-corrected chi connectivity index (χ0v) is 29.7. The molecule has 0 aromatic carbocycles. The molecule has 0 aromatic rings. The molecule has 0 saturated carbocycles. The molecular weight excluding hydrogens is 684 g/mol. The van der Waals surface area contributed by atoms with E-state index < -0.39 is 58.1 Å². The number of phosphoric ester groups is 4. The summed E-state index contributed by atoms with van der Waals surface area (Å²) in [4.78, 5) is 44.5. The molecule has 0 fully saturated rings. The minimum absolute atomic E-state index is 0.246. The van der Waals surface area contributed by atoms with Crippen molar-refractivity contribution in [2.75, 3.05) is 51.5 Å². The highest BCUT2D eigenvalue weighted by molar-refractivity contribution is 8.76. The highest BCUT2D eigenvalue weighted by Gasteiger charge is 2.16. The van der Waals surface area contributed by atoms with Crippen LogP contribution in [0.15, 0.2) is 0 Å². The Balaban J connectivity index is 0. The van der Waals surface area contributed by atoms with Crippen LogP contribution in [0.4, 0.5) is 0 Å². The molecule has 16 nitrogen and oxygen atoms in total. The molecule has 0 heterocycles. The Labute approximate surface area is 257 Å². The standard InChI is InChI=1S/C12H26S2.C8H22O16P4/c1-3-5-7-9-11-13-14-12-10-8-6-4-2;1-3-17-25(9,10)21-7-23-27(13,14)19-5-6-20-28(15,16)24-8-22-26(11,12)18-4-2/h3-12H2,1-2H3;3-8H2,1-2H3,(H,9,10)(H,11,12)(H,13,14)(H,15,16)/p-4. The fourth-order valence-corrected chi connectivity index (χ4v) is 7.08. The van der Waals surface area contributed by atoms with Crippen molar-refractivity contribution in [2.45, 2.75) is 79.1 Å². The van der Waals surface area contributed by atoms with Crippen LogP contribution in [0.1, 0.15) is 79.1 Å². The van der Waals surface area contributed by atoms with E-state index in [1.54, 1.807) is 0 Å². The lowest BCUT2D eigenvalue weighted by Gasteiger charge is -2.27. The second kappa shape index (κ2) is 27.3. The van der Waals surface area contributed by atoms with Crippen LogP contribution < -0.4 is 19.6 Å². The Morgan fingerprint density at radius 2 is 0.762 bits per heavy atom. The van der Waals surface area contributed by atoms with Gasteiger partial charge in [0.1, 0.15) is 0 Å². The zero-order chi connectivity index (χ0) is 32.4. The molecule has 42 heavy (non-hydrogen) atoms. The van der Waals surface area contributed by atoms with E-state index in [1.807, 2.05) is 0 Å². The van der Waals surface area contributed by atoms with E-state index in [1.165, 1.54) is 76.7 Å². The van der Waals surface area contributed by atoms with Crippen LogP contribution in [0.2, 0.25) is 0 Å². The van der Waals surface area contributed by atoms with Gasteiger partial charge in [-0.3, -0.25) is 36.4 Å². The van der Waals surface area contributed by atoms with E-state index in [9.17, 15) is 37.8 Å². The maximum absolute atomic E-state index is 11.3. The van der Waals surface area contributed by atoms with Gasteiger partial charge < -0.3 is 37.7 Å². The average Bonchev–Trinajstić information content (AvgIpc) is 2.87. The first-order valence-corrected chi connectivity index (χ1v) is 21.6. The molecule has 22 heteroatoms. The maximum Gasteiger partial charge on any atom is 0.270 e. The molecule has 256 valence electrons. The fraction of sp³-hybridized carbons (Fsp3) is 1.00. The molecule has 0 aliphatic carbocycles. The normalized spacial score (nSPS) is 17.3. The summed E-state index contributed by atoms with van der Waals surface area (Å²) in [5.74, 6) is 2.72. The van der Waals surface area contributed by atoms with Gasteiger partial charge in [-0.05, 0) is 26.7 Å². The minimum atomic E-state index is -5.05. The Bertz CT molecular complexity index is 774. The molecular formula is C20H44O16P4S2-4. The predicted octanol–water partition coefficient (Wildman–Crippen LogP) is 4.48. The van der Waals surface area contributed by atoms with Crippen LogP contribution in [0, 0.1) is 0 Å². The summed E-state index contributed by atoms with van der Waals surface area (Å²) in [7, 11) is -15.4. The summed E-state index contributed by atoms with van der Waals surface area (Å²) in [6.45, 7) is 2.46. The third-order valence-corrected chi connectivity index (χ3v) is 10.7. The predicted molar refractivity (Wildman–Crippen MR) is 153 cm³/mol. The van der Waals surface area contributed by atoms with Crippen LogP contribution in [-0.2, 0) is 54.5 Å². The molecule has 0 rings (SSSR count). The fourth-order valence-electron chi connectivity index (χ4n) is 2.36. The molecule has 0 amide bonds. The van der Waals surface area contributed by atoms with Gasteiger partial charge in [-0.1, -0.05) is 74.0 Å². The number of rotatable bonds is 28. The number of unbranched alkanes of at least 4 members (excludes halogenated alkanes) is 6. The van der Waals surface area contributed by atoms with Gasteiger partial charge in [0.15, 0.2) is 13.6 Å². The highest BCUT2D eigenvalue weighted by atomic mass is 33.1. The lowest BCUT2D eigenvalue weighted by atomic mass is 10.2. The van der Waals surface area contributed by atoms with Gasteiger partial charge >= 0.3 is 0 Å². The van der Waals surface area contributed by atoms with Gasteiger partial charge in [0.25, 0.3) is 31.3 Å². The first-order valence-electron chi connectivity index (χ1n) is 13.3. The third kappa shape index (κ3) is 32.5. The van der Waals surface area contributed by atoms with E-state index in [2.05, 4.69) is 71.6 Å². The molecule has 4 atom stereocenters. The summed E-state index contributed by atoms with van der Waals surface area (Å²) in [6, 6.07) is 0. The van der Waals surface area contributed by atoms with Gasteiger partial charge in [0.05, 0.1) is 26.4 Å². The number of hydrogen-bond donors (Lipinski definition) is 0. The molecule has 0 bridgehead atoms. The summed E-state index contributed by atoms with van der Waals surface area (Å²) < 4.78 is 77.3. The first-order chi connectivity index (χ1) is 19.7. The molecule has 0 N–H and O–H groups in total.